The Morgan fingerprint density at radius 1 is 0.960 bits per heavy atom. The molecule has 0 saturated heterocycles. The number of anilines is 2. The van der Waals surface area contributed by atoms with E-state index in [0.717, 1.165) is 36.4 Å². The number of hydrogen-bond donors (Lipinski definition) is 1. The van der Waals surface area contributed by atoms with E-state index in [4.69, 9.17) is 9.47 Å². The summed E-state index contributed by atoms with van der Waals surface area (Å²) in [7, 11) is 3.01. The topological polar surface area (TPSA) is 73.3 Å². The molecule has 0 bridgehead atoms. The lowest BCUT2D eigenvalue weighted by atomic mass is 10.2. The van der Waals surface area contributed by atoms with Gasteiger partial charge in [0.1, 0.15) is 5.75 Å². The zero-order valence-electron chi connectivity index (χ0n) is 13.4. The molecule has 6 nitrogen and oxygen atoms in total. The molecule has 0 aliphatic heterocycles. The number of fused-ring (bicyclic) bond motifs is 2. The Hall–Kier alpha value is -2.71. The lowest BCUT2D eigenvalue weighted by Crippen LogP contribution is -1.99. The first kappa shape index (κ1) is 15.8. The van der Waals surface area contributed by atoms with Crippen LogP contribution < -0.4 is 10.1 Å². The van der Waals surface area contributed by atoms with Crippen molar-refractivity contribution in [3.05, 3.63) is 42.0 Å². The second-order valence-corrected chi connectivity index (χ2v) is 7.23. The fourth-order valence-electron chi connectivity index (χ4n) is 2.40. The summed E-state index contributed by atoms with van der Waals surface area (Å²) in [6, 6.07) is 11.1. The smallest absolute Gasteiger partial charge is 0.337 e. The third kappa shape index (κ3) is 3.01. The number of nitrogens with zero attached hydrogens (tertiary/aromatic N) is 2. The summed E-state index contributed by atoms with van der Waals surface area (Å²) in [4.78, 5) is 20.7. The highest BCUT2D eigenvalue weighted by Crippen LogP contribution is 2.33. The summed E-state index contributed by atoms with van der Waals surface area (Å²) in [6.07, 6.45) is 0. The summed E-state index contributed by atoms with van der Waals surface area (Å²) in [5.41, 5.74) is 2.24. The summed E-state index contributed by atoms with van der Waals surface area (Å²) in [5.74, 6) is 0.447. The molecule has 0 aliphatic carbocycles. The number of rotatable bonds is 4. The molecule has 1 N–H and O–H groups in total. The van der Waals surface area contributed by atoms with Gasteiger partial charge in [-0.1, -0.05) is 22.7 Å². The minimum atomic E-state index is -0.357. The number of benzene rings is 2. The number of thiazole rings is 2. The van der Waals surface area contributed by atoms with E-state index in [0.29, 0.717) is 5.56 Å². The number of aromatic nitrogens is 2. The number of esters is 1. The SMILES string of the molecule is COC(=O)c1ccc2nc(Nc3nc4ccc(OC)cc4s3)sc2c1. The Labute approximate surface area is 151 Å². The van der Waals surface area contributed by atoms with Crippen molar-refractivity contribution in [3.8, 4) is 5.75 Å². The third-order valence-corrected chi connectivity index (χ3v) is 5.49. The Bertz CT molecular complexity index is 1090. The molecule has 0 aliphatic rings. The van der Waals surface area contributed by atoms with Gasteiger partial charge in [0.25, 0.3) is 0 Å². The normalized spacial score (nSPS) is 11.0. The van der Waals surface area contributed by atoms with Gasteiger partial charge in [-0.3, -0.25) is 0 Å². The molecule has 126 valence electrons. The van der Waals surface area contributed by atoms with Gasteiger partial charge < -0.3 is 14.8 Å². The average Bonchev–Trinajstić information content (AvgIpc) is 3.22. The molecule has 0 fully saturated rings. The van der Waals surface area contributed by atoms with Gasteiger partial charge in [-0.25, -0.2) is 14.8 Å². The second-order valence-electron chi connectivity index (χ2n) is 5.17. The van der Waals surface area contributed by atoms with Crippen LogP contribution in [0, 0.1) is 0 Å². The summed E-state index contributed by atoms with van der Waals surface area (Å²) in [5, 5.41) is 4.73. The lowest BCUT2D eigenvalue weighted by molar-refractivity contribution is 0.0601. The Balaban J connectivity index is 1.64. The molecular formula is C17H13N3O3S2. The molecule has 25 heavy (non-hydrogen) atoms. The van der Waals surface area contributed by atoms with E-state index < -0.39 is 0 Å². The van der Waals surface area contributed by atoms with Crippen molar-refractivity contribution in [1.82, 2.24) is 9.97 Å². The highest BCUT2D eigenvalue weighted by molar-refractivity contribution is 7.24. The van der Waals surface area contributed by atoms with Crippen molar-refractivity contribution in [3.63, 3.8) is 0 Å². The summed E-state index contributed by atoms with van der Waals surface area (Å²) in [6.45, 7) is 0. The van der Waals surface area contributed by atoms with Crippen molar-refractivity contribution >= 4 is 59.3 Å². The largest absolute Gasteiger partial charge is 0.497 e. The van der Waals surface area contributed by atoms with Gasteiger partial charge in [-0.05, 0) is 36.4 Å². The number of nitrogens with one attached hydrogen (secondary N) is 1. The molecule has 0 radical (unpaired) electrons. The van der Waals surface area contributed by atoms with E-state index >= 15 is 0 Å². The Kier molecular flexibility index (Phi) is 3.98. The van der Waals surface area contributed by atoms with Gasteiger partial charge >= 0.3 is 5.97 Å². The van der Waals surface area contributed by atoms with Crippen LogP contribution in [0.15, 0.2) is 36.4 Å². The van der Waals surface area contributed by atoms with Gasteiger partial charge in [-0.2, -0.15) is 0 Å². The van der Waals surface area contributed by atoms with Crippen molar-refractivity contribution in [1.29, 1.82) is 0 Å². The molecule has 2 heterocycles. The standard InChI is InChI=1S/C17H13N3O3S2/c1-22-10-4-6-12-14(8-10)25-17(19-12)20-16-18-11-5-3-9(15(21)23-2)7-13(11)24-16/h3-8H,1-2H3,(H,18,19,20). The number of carbonyl (C=O) groups is 1. The van der Waals surface area contributed by atoms with Crippen LogP contribution in [0.1, 0.15) is 10.4 Å². The molecule has 2 aromatic carbocycles. The van der Waals surface area contributed by atoms with Crippen LogP contribution in [0.25, 0.3) is 20.4 Å². The molecule has 4 aromatic rings. The third-order valence-electron chi connectivity index (χ3n) is 3.62. The first-order valence-corrected chi connectivity index (χ1v) is 9.00. The van der Waals surface area contributed by atoms with E-state index in [1.807, 2.05) is 24.3 Å². The molecule has 0 unspecified atom stereocenters. The van der Waals surface area contributed by atoms with Gasteiger partial charge in [0.05, 0.1) is 40.2 Å². The molecule has 2 aromatic heterocycles. The molecule has 0 amide bonds. The van der Waals surface area contributed by atoms with Crippen LogP contribution in [-0.4, -0.2) is 30.2 Å². The number of ether oxygens (including phenoxy) is 2. The zero-order chi connectivity index (χ0) is 17.4. The Morgan fingerprint density at radius 2 is 1.60 bits per heavy atom. The fourth-order valence-corrected chi connectivity index (χ4v) is 4.26. The van der Waals surface area contributed by atoms with Crippen molar-refractivity contribution in [2.45, 2.75) is 0 Å². The summed E-state index contributed by atoms with van der Waals surface area (Å²) >= 11 is 3.00. The monoisotopic (exact) mass is 371 g/mol. The molecule has 8 heteroatoms. The van der Waals surface area contributed by atoms with Crippen LogP contribution in [0.5, 0.6) is 5.75 Å². The minimum Gasteiger partial charge on any atom is -0.497 e. The first-order chi connectivity index (χ1) is 12.2. The fraction of sp³-hybridized carbons (Fsp3) is 0.118. The van der Waals surface area contributed by atoms with Crippen molar-refractivity contribution < 1.29 is 14.3 Å². The molecule has 0 spiro atoms. The van der Waals surface area contributed by atoms with Crippen molar-refractivity contribution in [2.24, 2.45) is 0 Å². The maximum Gasteiger partial charge on any atom is 0.337 e. The highest BCUT2D eigenvalue weighted by Gasteiger charge is 2.11. The van der Waals surface area contributed by atoms with E-state index in [2.05, 4.69) is 15.3 Å². The average molecular weight is 371 g/mol. The van der Waals surface area contributed by atoms with Crippen molar-refractivity contribution in [2.75, 3.05) is 19.5 Å². The predicted molar refractivity (Wildman–Crippen MR) is 100 cm³/mol. The van der Waals surface area contributed by atoms with Crippen LogP contribution >= 0.6 is 22.7 Å². The maximum absolute atomic E-state index is 11.6. The number of carbonyl (C=O) groups excluding carboxylic acids is 1. The molecule has 4 rings (SSSR count). The highest BCUT2D eigenvalue weighted by atomic mass is 32.1. The van der Waals surface area contributed by atoms with Gasteiger partial charge in [0, 0.05) is 0 Å². The molecule has 0 saturated carbocycles. The lowest BCUT2D eigenvalue weighted by Gasteiger charge is -1.97. The van der Waals surface area contributed by atoms with Gasteiger partial charge in [0.2, 0.25) is 0 Å². The van der Waals surface area contributed by atoms with E-state index in [-0.39, 0.29) is 5.97 Å². The quantitative estimate of drug-likeness (QED) is 0.535. The molecule has 0 atom stereocenters. The Morgan fingerprint density at radius 3 is 2.24 bits per heavy atom. The van der Waals surface area contributed by atoms with Crippen LogP contribution in [-0.2, 0) is 4.74 Å². The van der Waals surface area contributed by atoms with E-state index in [1.54, 1.807) is 19.2 Å². The van der Waals surface area contributed by atoms with E-state index in [9.17, 15) is 4.79 Å². The first-order valence-electron chi connectivity index (χ1n) is 7.37. The number of methoxy groups -OCH3 is 2. The maximum atomic E-state index is 11.6. The van der Waals surface area contributed by atoms with Crippen LogP contribution in [0.2, 0.25) is 0 Å². The zero-order valence-corrected chi connectivity index (χ0v) is 15.0. The predicted octanol–water partition coefficient (Wildman–Crippen LogP) is 4.44. The second kappa shape index (κ2) is 6.30. The molecular weight excluding hydrogens is 358 g/mol. The van der Waals surface area contributed by atoms with Crippen LogP contribution in [0.4, 0.5) is 10.3 Å². The summed E-state index contributed by atoms with van der Waals surface area (Å²) < 4.78 is 11.9. The van der Waals surface area contributed by atoms with E-state index in [1.165, 1.54) is 29.8 Å². The van der Waals surface area contributed by atoms with Gasteiger partial charge in [-0.15, -0.1) is 0 Å². The number of hydrogen-bond acceptors (Lipinski definition) is 8. The van der Waals surface area contributed by atoms with Crippen LogP contribution in [0.3, 0.4) is 0 Å². The van der Waals surface area contributed by atoms with Gasteiger partial charge in [0.15, 0.2) is 10.3 Å². The minimum absolute atomic E-state index is 0.357.